The zero-order valence-electron chi connectivity index (χ0n) is 10.9. The summed E-state index contributed by atoms with van der Waals surface area (Å²) in [6.45, 7) is 0. The Morgan fingerprint density at radius 1 is 1.30 bits per heavy atom. The minimum absolute atomic E-state index is 0.0206. The Kier molecular flexibility index (Phi) is 4.03. The van der Waals surface area contributed by atoms with Crippen molar-refractivity contribution in [2.24, 2.45) is 0 Å². The van der Waals surface area contributed by atoms with Crippen molar-refractivity contribution in [1.82, 2.24) is 10.3 Å². The summed E-state index contributed by atoms with van der Waals surface area (Å²) in [5, 5.41) is 4.51. The van der Waals surface area contributed by atoms with Crippen molar-refractivity contribution in [1.29, 1.82) is 0 Å². The Morgan fingerprint density at radius 2 is 2.05 bits per heavy atom. The van der Waals surface area contributed by atoms with E-state index in [1.807, 2.05) is 24.3 Å². The molecule has 0 saturated heterocycles. The van der Waals surface area contributed by atoms with Crippen LogP contribution in [0.3, 0.4) is 0 Å². The minimum Gasteiger partial charge on any atom is -0.349 e. The predicted octanol–water partition coefficient (Wildman–Crippen LogP) is 4.14. The maximum absolute atomic E-state index is 12.2. The molecule has 0 atom stereocenters. The molecule has 5 heteroatoms. The van der Waals surface area contributed by atoms with Crippen molar-refractivity contribution in [3.63, 3.8) is 0 Å². The maximum Gasteiger partial charge on any atom is 0.263 e. The third-order valence-electron chi connectivity index (χ3n) is 3.52. The number of carbonyl (C=O) groups is 1. The van der Waals surface area contributed by atoms with Crippen LogP contribution in [0.2, 0.25) is 5.02 Å². The van der Waals surface area contributed by atoms with Crippen molar-refractivity contribution < 1.29 is 4.79 Å². The Morgan fingerprint density at radius 3 is 2.80 bits per heavy atom. The van der Waals surface area contributed by atoms with E-state index in [1.54, 1.807) is 6.20 Å². The SMILES string of the molecule is O=C(NC1CCCC1)c1cnc(-c2ccccc2Cl)s1. The van der Waals surface area contributed by atoms with Gasteiger partial charge in [-0.2, -0.15) is 0 Å². The minimum atomic E-state index is -0.0206. The van der Waals surface area contributed by atoms with Gasteiger partial charge in [-0.15, -0.1) is 11.3 Å². The van der Waals surface area contributed by atoms with E-state index in [-0.39, 0.29) is 5.91 Å². The van der Waals surface area contributed by atoms with Gasteiger partial charge >= 0.3 is 0 Å². The van der Waals surface area contributed by atoms with Crippen LogP contribution in [0.4, 0.5) is 0 Å². The van der Waals surface area contributed by atoms with Crippen LogP contribution in [-0.4, -0.2) is 16.9 Å². The van der Waals surface area contributed by atoms with E-state index in [2.05, 4.69) is 10.3 Å². The number of halogens is 1. The lowest BCUT2D eigenvalue weighted by Gasteiger charge is -2.09. The summed E-state index contributed by atoms with van der Waals surface area (Å²) in [5.74, 6) is -0.0206. The van der Waals surface area contributed by atoms with Gasteiger partial charge in [0.05, 0.1) is 11.2 Å². The molecule has 20 heavy (non-hydrogen) atoms. The molecular formula is C15H15ClN2OS. The summed E-state index contributed by atoms with van der Waals surface area (Å²) in [6, 6.07) is 7.87. The number of nitrogens with zero attached hydrogens (tertiary/aromatic N) is 1. The van der Waals surface area contributed by atoms with Crippen molar-refractivity contribution in [3.05, 3.63) is 40.4 Å². The van der Waals surface area contributed by atoms with Crippen LogP contribution in [0.5, 0.6) is 0 Å². The first kappa shape index (κ1) is 13.6. The average Bonchev–Trinajstić information content (AvgIpc) is 3.10. The van der Waals surface area contributed by atoms with Gasteiger partial charge in [0.2, 0.25) is 0 Å². The molecule has 1 N–H and O–H groups in total. The van der Waals surface area contributed by atoms with Gasteiger partial charge < -0.3 is 5.32 Å². The number of rotatable bonds is 3. The van der Waals surface area contributed by atoms with E-state index in [4.69, 9.17) is 11.6 Å². The van der Waals surface area contributed by atoms with Gasteiger partial charge in [-0.3, -0.25) is 4.79 Å². The molecule has 1 aliphatic carbocycles. The van der Waals surface area contributed by atoms with Crippen LogP contribution >= 0.6 is 22.9 Å². The Hall–Kier alpha value is -1.39. The first-order valence-corrected chi connectivity index (χ1v) is 7.95. The van der Waals surface area contributed by atoms with E-state index >= 15 is 0 Å². The Labute approximate surface area is 127 Å². The summed E-state index contributed by atoms with van der Waals surface area (Å²) >= 11 is 7.54. The molecule has 1 aromatic heterocycles. The topological polar surface area (TPSA) is 42.0 Å². The third-order valence-corrected chi connectivity index (χ3v) is 4.88. The molecule has 2 aromatic rings. The van der Waals surface area contributed by atoms with Gasteiger partial charge in [-0.25, -0.2) is 4.98 Å². The summed E-state index contributed by atoms with van der Waals surface area (Å²) in [6.07, 6.45) is 6.22. The summed E-state index contributed by atoms with van der Waals surface area (Å²) in [5.41, 5.74) is 0.874. The van der Waals surface area contributed by atoms with E-state index in [0.717, 1.165) is 23.4 Å². The standard InChI is InChI=1S/C15H15ClN2OS/c16-12-8-4-3-7-11(12)15-17-9-13(20-15)14(19)18-10-5-1-2-6-10/h3-4,7-10H,1-2,5-6H2,(H,18,19). The van der Waals surface area contributed by atoms with Crippen LogP contribution in [0.25, 0.3) is 10.6 Å². The highest BCUT2D eigenvalue weighted by Crippen LogP contribution is 2.31. The predicted molar refractivity (Wildman–Crippen MR) is 82.3 cm³/mol. The normalized spacial score (nSPS) is 15.4. The number of amides is 1. The first-order chi connectivity index (χ1) is 9.74. The van der Waals surface area contributed by atoms with Crippen LogP contribution in [0.1, 0.15) is 35.4 Å². The lowest BCUT2D eigenvalue weighted by molar-refractivity contribution is 0.0942. The van der Waals surface area contributed by atoms with Gasteiger partial charge in [0.1, 0.15) is 9.88 Å². The highest BCUT2D eigenvalue weighted by molar-refractivity contribution is 7.17. The Balaban J connectivity index is 1.76. The van der Waals surface area contributed by atoms with E-state index in [9.17, 15) is 4.79 Å². The number of benzene rings is 1. The molecule has 0 aliphatic heterocycles. The largest absolute Gasteiger partial charge is 0.349 e. The van der Waals surface area contributed by atoms with Crippen LogP contribution in [-0.2, 0) is 0 Å². The van der Waals surface area contributed by atoms with E-state index in [1.165, 1.54) is 24.2 Å². The second-order valence-electron chi connectivity index (χ2n) is 4.96. The molecule has 0 bridgehead atoms. The number of thiazole rings is 1. The van der Waals surface area contributed by atoms with E-state index in [0.29, 0.717) is 15.9 Å². The van der Waals surface area contributed by atoms with Crippen LogP contribution in [0.15, 0.2) is 30.5 Å². The van der Waals surface area contributed by atoms with Gasteiger partial charge in [-0.1, -0.05) is 42.6 Å². The number of carbonyl (C=O) groups excluding carboxylic acids is 1. The van der Waals surface area contributed by atoms with Gasteiger partial charge in [0.15, 0.2) is 0 Å². The van der Waals surface area contributed by atoms with Gasteiger partial charge in [0.25, 0.3) is 5.91 Å². The molecule has 1 aliphatic rings. The first-order valence-electron chi connectivity index (χ1n) is 6.75. The summed E-state index contributed by atoms with van der Waals surface area (Å²) < 4.78 is 0. The molecular weight excluding hydrogens is 292 g/mol. The van der Waals surface area contributed by atoms with Gasteiger partial charge in [0, 0.05) is 11.6 Å². The smallest absolute Gasteiger partial charge is 0.263 e. The molecule has 1 amide bonds. The highest BCUT2D eigenvalue weighted by Gasteiger charge is 2.19. The fourth-order valence-electron chi connectivity index (χ4n) is 2.46. The highest BCUT2D eigenvalue weighted by atomic mass is 35.5. The second kappa shape index (κ2) is 5.94. The molecule has 3 rings (SSSR count). The zero-order chi connectivity index (χ0) is 13.9. The lowest BCUT2D eigenvalue weighted by Crippen LogP contribution is -2.31. The summed E-state index contributed by atoms with van der Waals surface area (Å²) in [7, 11) is 0. The molecule has 104 valence electrons. The molecule has 0 spiro atoms. The average molecular weight is 307 g/mol. The number of hydrogen-bond donors (Lipinski definition) is 1. The van der Waals surface area contributed by atoms with E-state index < -0.39 is 0 Å². The zero-order valence-corrected chi connectivity index (χ0v) is 12.5. The quantitative estimate of drug-likeness (QED) is 0.926. The van der Waals surface area contributed by atoms with Crippen molar-refractivity contribution in [3.8, 4) is 10.6 Å². The molecule has 3 nitrogen and oxygen atoms in total. The second-order valence-corrected chi connectivity index (χ2v) is 6.40. The Bertz CT molecular complexity index is 620. The maximum atomic E-state index is 12.2. The molecule has 1 aromatic carbocycles. The molecule has 1 fully saturated rings. The fourth-order valence-corrected chi connectivity index (χ4v) is 3.60. The van der Waals surface area contributed by atoms with Crippen molar-refractivity contribution in [2.75, 3.05) is 0 Å². The molecule has 1 heterocycles. The number of nitrogens with one attached hydrogen (secondary N) is 1. The number of aromatic nitrogens is 1. The van der Waals surface area contributed by atoms with Gasteiger partial charge in [-0.05, 0) is 18.9 Å². The lowest BCUT2D eigenvalue weighted by atomic mass is 10.2. The van der Waals surface area contributed by atoms with Crippen LogP contribution in [0, 0.1) is 0 Å². The third kappa shape index (κ3) is 2.86. The molecule has 0 radical (unpaired) electrons. The van der Waals surface area contributed by atoms with Crippen molar-refractivity contribution in [2.45, 2.75) is 31.7 Å². The summed E-state index contributed by atoms with van der Waals surface area (Å²) in [4.78, 5) is 17.1. The number of hydrogen-bond acceptors (Lipinski definition) is 3. The van der Waals surface area contributed by atoms with Crippen LogP contribution < -0.4 is 5.32 Å². The molecule has 1 saturated carbocycles. The van der Waals surface area contributed by atoms with Crippen molar-refractivity contribution >= 4 is 28.8 Å². The fraction of sp³-hybridized carbons (Fsp3) is 0.333. The monoisotopic (exact) mass is 306 g/mol. The molecule has 0 unspecified atom stereocenters.